The summed E-state index contributed by atoms with van der Waals surface area (Å²) in [5.74, 6) is 13.0. The van der Waals surface area contributed by atoms with Crippen molar-refractivity contribution in [1.29, 1.82) is 0 Å². The highest BCUT2D eigenvalue weighted by molar-refractivity contribution is 5.88. The summed E-state index contributed by atoms with van der Waals surface area (Å²) in [4.78, 5) is 71.3. The van der Waals surface area contributed by atoms with Crippen molar-refractivity contribution in [3.05, 3.63) is 120 Å². The number of methoxy groups -OCH3 is 2. The molecule has 63 heavy (non-hydrogen) atoms. The molecule has 16 heteroatoms. The summed E-state index contributed by atoms with van der Waals surface area (Å²) in [6, 6.07) is 22.9. The zero-order valence-electron chi connectivity index (χ0n) is 35.3. The second-order valence-electron chi connectivity index (χ2n) is 15.2. The van der Waals surface area contributed by atoms with Gasteiger partial charge < -0.3 is 39.9 Å². The summed E-state index contributed by atoms with van der Waals surface area (Å²) in [6.07, 6.45) is 5.14. The van der Waals surface area contributed by atoms with E-state index in [2.05, 4.69) is 55.3 Å². The predicted molar refractivity (Wildman–Crippen MR) is 243 cm³/mol. The number of carbonyl (C=O) groups is 4. The molecule has 4 heterocycles. The van der Waals surface area contributed by atoms with Gasteiger partial charge in [-0.15, -0.1) is 24.8 Å². The minimum atomic E-state index is -0.908. The Morgan fingerprint density at radius 2 is 1.30 bits per heavy atom. The molecule has 2 aliphatic heterocycles. The molecule has 2 aliphatic rings. The van der Waals surface area contributed by atoms with Gasteiger partial charge in [0.1, 0.15) is 29.4 Å². The second kappa shape index (κ2) is 21.9. The fourth-order valence-electron chi connectivity index (χ4n) is 7.88. The quantitative estimate of drug-likeness (QED) is 0.104. The van der Waals surface area contributed by atoms with Crippen LogP contribution in [0, 0.1) is 29.6 Å². The fourth-order valence-corrected chi connectivity index (χ4v) is 7.88. The molecule has 0 saturated carbocycles. The summed E-state index contributed by atoms with van der Waals surface area (Å²) in [7, 11) is 2.55. The van der Waals surface area contributed by atoms with E-state index in [1.165, 1.54) is 14.2 Å². The smallest absolute Gasteiger partial charge is 0.407 e. The van der Waals surface area contributed by atoms with E-state index in [9.17, 15) is 19.2 Å². The molecule has 4 atom stereocenters. The molecule has 0 unspecified atom stereocenters. The predicted octanol–water partition coefficient (Wildman–Crippen LogP) is 7.52. The van der Waals surface area contributed by atoms with Crippen molar-refractivity contribution in [2.45, 2.75) is 63.7 Å². The van der Waals surface area contributed by atoms with E-state index in [1.54, 1.807) is 22.2 Å². The topological polar surface area (TPSA) is 175 Å². The molecule has 3 aromatic carbocycles. The maximum atomic E-state index is 14.0. The van der Waals surface area contributed by atoms with Crippen molar-refractivity contribution >= 4 is 48.8 Å². The first kappa shape index (κ1) is 47.3. The van der Waals surface area contributed by atoms with Crippen LogP contribution in [0.15, 0.2) is 91.3 Å². The van der Waals surface area contributed by atoms with Gasteiger partial charge in [-0.1, -0.05) is 86.5 Å². The summed E-state index contributed by atoms with van der Waals surface area (Å²) >= 11 is 0. The average Bonchev–Trinajstić information content (AvgIpc) is 4.14. The summed E-state index contributed by atoms with van der Waals surface area (Å²) in [5, 5.41) is 5.39. The molecule has 4 amide bonds. The summed E-state index contributed by atoms with van der Waals surface area (Å²) in [6.45, 7) is 4.84. The second-order valence-corrected chi connectivity index (χ2v) is 15.2. The number of carbonyl (C=O) groups excluding carboxylic acids is 4. The molecule has 7 rings (SSSR count). The molecular formula is C47H50Cl2N8O6. The number of halogens is 2. The van der Waals surface area contributed by atoms with Crippen LogP contribution in [0.5, 0.6) is 0 Å². The van der Waals surface area contributed by atoms with Crippen LogP contribution in [-0.2, 0) is 19.1 Å². The number of aromatic amines is 2. The van der Waals surface area contributed by atoms with E-state index >= 15 is 0 Å². The van der Waals surface area contributed by atoms with Crippen LogP contribution in [-0.4, -0.2) is 87.1 Å². The van der Waals surface area contributed by atoms with Crippen LogP contribution >= 0.6 is 24.8 Å². The Balaban J connectivity index is 0.00000374. The third kappa shape index (κ3) is 11.0. The number of alkyl carbamates (subject to hydrolysis) is 2. The lowest BCUT2D eigenvalue weighted by Crippen LogP contribution is -2.51. The normalized spacial score (nSPS) is 16.2. The minimum Gasteiger partial charge on any atom is -0.453 e. The van der Waals surface area contributed by atoms with Crippen molar-refractivity contribution in [2.24, 2.45) is 5.92 Å². The van der Waals surface area contributed by atoms with Crippen molar-refractivity contribution in [1.82, 2.24) is 40.4 Å². The lowest BCUT2D eigenvalue weighted by Gasteiger charge is -2.29. The van der Waals surface area contributed by atoms with Crippen LogP contribution in [0.1, 0.15) is 86.1 Å². The van der Waals surface area contributed by atoms with Gasteiger partial charge >= 0.3 is 12.2 Å². The van der Waals surface area contributed by atoms with Gasteiger partial charge in [-0.25, -0.2) is 19.6 Å². The van der Waals surface area contributed by atoms with Crippen LogP contribution in [0.4, 0.5) is 9.59 Å². The van der Waals surface area contributed by atoms with Gasteiger partial charge in [-0.2, -0.15) is 0 Å². The Labute approximate surface area is 379 Å². The van der Waals surface area contributed by atoms with Gasteiger partial charge in [-0.3, -0.25) is 9.59 Å². The molecular weight excluding hydrogens is 843 g/mol. The Hall–Kier alpha value is -6.74. The van der Waals surface area contributed by atoms with E-state index in [4.69, 9.17) is 14.5 Å². The maximum absolute atomic E-state index is 14.0. The summed E-state index contributed by atoms with van der Waals surface area (Å²) < 4.78 is 9.59. The third-order valence-electron chi connectivity index (χ3n) is 11.0. The highest BCUT2D eigenvalue weighted by Gasteiger charge is 2.38. The van der Waals surface area contributed by atoms with E-state index in [0.29, 0.717) is 36.0 Å². The van der Waals surface area contributed by atoms with Crippen LogP contribution in [0.2, 0.25) is 0 Å². The molecule has 0 spiro atoms. The number of ether oxygens (including phenoxy) is 2. The number of hydrogen-bond acceptors (Lipinski definition) is 8. The van der Waals surface area contributed by atoms with Crippen molar-refractivity contribution in [3.63, 3.8) is 0 Å². The van der Waals surface area contributed by atoms with E-state index in [1.807, 2.05) is 86.6 Å². The van der Waals surface area contributed by atoms with Gasteiger partial charge in [0.15, 0.2) is 0 Å². The fraction of sp³-hybridized carbons (Fsp3) is 0.319. The number of amides is 4. The van der Waals surface area contributed by atoms with Gasteiger partial charge in [-0.05, 0) is 78.2 Å². The molecule has 5 aromatic rings. The lowest BCUT2D eigenvalue weighted by atomic mass is 9.96. The Morgan fingerprint density at radius 1 is 0.714 bits per heavy atom. The van der Waals surface area contributed by atoms with E-state index in [-0.39, 0.29) is 54.6 Å². The van der Waals surface area contributed by atoms with Crippen LogP contribution in [0.3, 0.4) is 0 Å². The summed E-state index contributed by atoms with van der Waals surface area (Å²) in [5.41, 5.74) is 5.59. The Kier molecular flexibility index (Phi) is 16.4. The Bertz CT molecular complexity index is 2510. The van der Waals surface area contributed by atoms with Crippen molar-refractivity contribution in [3.8, 4) is 46.1 Å². The van der Waals surface area contributed by atoms with Gasteiger partial charge in [0.2, 0.25) is 5.91 Å². The number of imidazole rings is 2. The first-order valence-electron chi connectivity index (χ1n) is 20.3. The molecule has 4 N–H and O–H groups in total. The van der Waals surface area contributed by atoms with Crippen molar-refractivity contribution in [2.75, 3.05) is 27.3 Å². The number of H-pyrrole nitrogens is 2. The maximum Gasteiger partial charge on any atom is 0.407 e. The molecule has 2 saturated heterocycles. The monoisotopic (exact) mass is 892 g/mol. The van der Waals surface area contributed by atoms with Crippen molar-refractivity contribution < 1.29 is 28.7 Å². The SMILES string of the molecule is COC(=O)N[C@H](C(=O)N1CCC[C@H]1c1ncc(-c2ccc(C#CC#Cc3cnc([C@@H]4CCCN4C(=O)[C@@H](NC(=O)OC)C(C)C)[nH]3)c(-c3ccccc3)c2)[nH]1)c1ccccc1.Cl.Cl. The lowest BCUT2D eigenvalue weighted by molar-refractivity contribution is -0.135. The van der Waals surface area contributed by atoms with E-state index < -0.39 is 24.3 Å². The molecule has 0 radical (unpaired) electrons. The van der Waals surface area contributed by atoms with Crippen LogP contribution in [0.25, 0.3) is 22.4 Å². The Morgan fingerprint density at radius 3 is 1.95 bits per heavy atom. The third-order valence-corrected chi connectivity index (χ3v) is 11.0. The van der Waals surface area contributed by atoms with Crippen LogP contribution < -0.4 is 10.6 Å². The number of aromatic nitrogens is 4. The molecule has 0 bridgehead atoms. The standard InChI is InChI=1S/C47H48N8O6.2ClH/c1-30(2)40(52-46(58)60-3)44(56)54-25-13-21-38(54)42-48-28-35(50-42)20-12-11-17-32-23-24-34(27-36(32)31-15-7-5-8-16-31)37-29-49-43(51-37)39-22-14-26-55(39)45(57)41(53-47(59)61-4)33-18-9-6-10-19-33;;/h5-10,15-16,18-19,23-24,27-30,38-41H,13-14,21-22,25-26H2,1-4H3,(H,48,50)(H,49,51)(H,52,58)(H,53,59);2*1H/t38-,39-,40-,41-;;/m0../s1. The minimum absolute atomic E-state index is 0. The molecule has 2 aromatic heterocycles. The van der Waals surface area contributed by atoms with Gasteiger partial charge in [0, 0.05) is 24.2 Å². The number of hydrogen-bond donors (Lipinski definition) is 4. The van der Waals surface area contributed by atoms with Gasteiger partial charge in [0.25, 0.3) is 5.91 Å². The van der Waals surface area contributed by atoms with Gasteiger partial charge in [0.05, 0.1) is 44.4 Å². The number of nitrogens with one attached hydrogen (secondary N) is 4. The zero-order chi connectivity index (χ0) is 42.9. The first-order chi connectivity index (χ1) is 29.6. The number of benzene rings is 3. The number of likely N-dealkylation sites (tertiary alicyclic amines) is 2. The highest BCUT2D eigenvalue weighted by Crippen LogP contribution is 2.36. The first-order valence-corrected chi connectivity index (χ1v) is 20.3. The number of rotatable bonds is 10. The molecule has 2 fully saturated rings. The number of nitrogens with zero attached hydrogens (tertiary/aromatic N) is 4. The van der Waals surface area contributed by atoms with E-state index in [0.717, 1.165) is 53.6 Å². The zero-order valence-corrected chi connectivity index (χ0v) is 37.0. The molecule has 14 nitrogen and oxygen atoms in total. The molecule has 0 aliphatic carbocycles. The largest absolute Gasteiger partial charge is 0.453 e. The highest BCUT2D eigenvalue weighted by atomic mass is 35.5. The molecule has 328 valence electrons. The average molecular weight is 894 g/mol.